The van der Waals surface area contributed by atoms with Gasteiger partial charge in [0.15, 0.2) is 0 Å². The Balaban J connectivity index is 0.00000106. The zero-order chi connectivity index (χ0) is 15.7. The lowest BCUT2D eigenvalue weighted by atomic mass is 9.90. The minimum Gasteiger partial charge on any atom is -0.304 e. The van der Waals surface area contributed by atoms with Crippen LogP contribution in [0.4, 0.5) is 0 Å². The van der Waals surface area contributed by atoms with Crippen molar-refractivity contribution in [2.75, 3.05) is 39.3 Å². The van der Waals surface area contributed by atoms with Gasteiger partial charge in [0.1, 0.15) is 5.78 Å². The SMILES string of the molecule is CC.CCN1CCC(CN2CCC(CC(C)=O)CC2)CC1. The van der Waals surface area contributed by atoms with Crippen molar-refractivity contribution >= 4 is 5.78 Å². The van der Waals surface area contributed by atoms with Crippen LogP contribution in [0.5, 0.6) is 0 Å². The zero-order valence-corrected chi connectivity index (χ0v) is 14.7. The summed E-state index contributed by atoms with van der Waals surface area (Å²) in [6.45, 7) is 15.5. The molecule has 0 aromatic rings. The Hall–Kier alpha value is -0.410. The van der Waals surface area contributed by atoms with Crippen LogP contribution in [0.1, 0.15) is 59.8 Å². The van der Waals surface area contributed by atoms with Crippen molar-refractivity contribution in [1.29, 1.82) is 0 Å². The van der Waals surface area contributed by atoms with E-state index in [1.165, 1.54) is 65.0 Å². The van der Waals surface area contributed by atoms with Crippen LogP contribution in [0.15, 0.2) is 0 Å². The average molecular weight is 296 g/mol. The molecular formula is C18H36N2O. The van der Waals surface area contributed by atoms with E-state index < -0.39 is 0 Å². The fourth-order valence-electron chi connectivity index (χ4n) is 3.63. The number of rotatable bonds is 5. The van der Waals surface area contributed by atoms with E-state index in [1.807, 2.05) is 13.8 Å². The number of ketones is 1. The average Bonchev–Trinajstić information content (AvgIpc) is 2.51. The Labute approximate surface area is 132 Å². The molecule has 0 spiro atoms. The van der Waals surface area contributed by atoms with E-state index in [9.17, 15) is 4.79 Å². The normalized spacial score (nSPS) is 22.7. The lowest BCUT2D eigenvalue weighted by Gasteiger charge is -2.37. The molecule has 0 saturated carbocycles. The third kappa shape index (κ3) is 6.92. The lowest BCUT2D eigenvalue weighted by molar-refractivity contribution is -0.118. The van der Waals surface area contributed by atoms with Gasteiger partial charge in [-0.25, -0.2) is 0 Å². The topological polar surface area (TPSA) is 23.6 Å². The van der Waals surface area contributed by atoms with E-state index in [2.05, 4.69) is 16.7 Å². The van der Waals surface area contributed by atoms with E-state index in [0.29, 0.717) is 11.7 Å². The summed E-state index contributed by atoms with van der Waals surface area (Å²) in [5.74, 6) is 1.94. The van der Waals surface area contributed by atoms with Crippen LogP contribution in [-0.4, -0.2) is 54.9 Å². The van der Waals surface area contributed by atoms with Crippen molar-refractivity contribution in [3.05, 3.63) is 0 Å². The van der Waals surface area contributed by atoms with Gasteiger partial charge in [-0.2, -0.15) is 0 Å². The maximum atomic E-state index is 11.2. The molecule has 0 amide bonds. The molecule has 0 radical (unpaired) electrons. The lowest BCUT2D eigenvalue weighted by Crippen LogP contribution is -2.41. The van der Waals surface area contributed by atoms with Crippen LogP contribution in [0.3, 0.4) is 0 Å². The first kappa shape index (κ1) is 18.6. The van der Waals surface area contributed by atoms with Gasteiger partial charge in [0.25, 0.3) is 0 Å². The van der Waals surface area contributed by atoms with Gasteiger partial charge in [-0.15, -0.1) is 0 Å². The molecule has 124 valence electrons. The monoisotopic (exact) mass is 296 g/mol. The summed E-state index contributed by atoms with van der Waals surface area (Å²) < 4.78 is 0. The van der Waals surface area contributed by atoms with E-state index in [4.69, 9.17) is 0 Å². The third-order valence-electron chi connectivity index (χ3n) is 4.95. The van der Waals surface area contributed by atoms with Gasteiger partial charge < -0.3 is 14.6 Å². The van der Waals surface area contributed by atoms with Crippen molar-refractivity contribution in [2.24, 2.45) is 11.8 Å². The van der Waals surface area contributed by atoms with Crippen molar-refractivity contribution < 1.29 is 4.79 Å². The number of likely N-dealkylation sites (tertiary alicyclic amines) is 2. The van der Waals surface area contributed by atoms with Crippen LogP contribution in [0, 0.1) is 11.8 Å². The highest BCUT2D eigenvalue weighted by molar-refractivity contribution is 5.75. The number of hydrogen-bond donors (Lipinski definition) is 0. The van der Waals surface area contributed by atoms with E-state index in [1.54, 1.807) is 6.92 Å². The number of carbonyl (C=O) groups is 1. The summed E-state index contributed by atoms with van der Waals surface area (Å²) in [6, 6.07) is 0. The second kappa shape index (κ2) is 10.3. The minimum atomic E-state index is 0.366. The smallest absolute Gasteiger partial charge is 0.130 e. The van der Waals surface area contributed by atoms with Gasteiger partial charge in [0.2, 0.25) is 0 Å². The van der Waals surface area contributed by atoms with E-state index in [-0.39, 0.29) is 0 Å². The number of nitrogens with zero attached hydrogens (tertiary/aromatic N) is 2. The van der Waals surface area contributed by atoms with Crippen molar-refractivity contribution in [2.45, 2.75) is 59.8 Å². The van der Waals surface area contributed by atoms with Gasteiger partial charge >= 0.3 is 0 Å². The quantitative estimate of drug-likeness (QED) is 0.776. The Morgan fingerprint density at radius 3 is 1.86 bits per heavy atom. The summed E-state index contributed by atoms with van der Waals surface area (Å²) >= 11 is 0. The molecule has 0 aliphatic carbocycles. The first-order valence-corrected chi connectivity index (χ1v) is 9.11. The molecule has 2 rings (SSSR count). The maximum Gasteiger partial charge on any atom is 0.130 e. The zero-order valence-electron chi connectivity index (χ0n) is 14.7. The maximum absolute atomic E-state index is 11.2. The van der Waals surface area contributed by atoms with Crippen LogP contribution in [0.2, 0.25) is 0 Å². The summed E-state index contributed by atoms with van der Waals surface area (Å²) in [5, 5.41) is 0. The van der Waals surface area contributed by atoms with Gasteiger partial charge in [-0.3, -0.25) is 0 Å². The first-order chi connectivity index (χ1) is 10.2. The third-order valence-corrected chi connectivity index (χ3v) is 4.95. The number of carbonyl (C=O) groups excluding carboxylic acids is 1. The molecule has 0 unspecified atom stereocenters. The molecule has 3 nitrogen and oxygen atoms in total. The highest BCUT2D eigenvalue weighted by atomic mass is 16.1. The second-order valence-electron chi connectivity index (χ2n) is 6.53. The molecule has 2 heterocycles. The molecule has 0 aromatic heterocycles. The molecule has 3 heteroatoms. The molecule has 0 aromatic carbocycles. The fourth-order valence-corrected chi connectivity index (χ4v) is 3.63. The number of piperidine rings is 2. The van der Waals surface area contributed by atoms with Crippen LogP contribution in [0.25, 0.3) is 0 Å². The Morgan fingerprint density at radius 1 is 0.905 bits per heavy atom. The molecule has 2 aliphatic rings. The first-order valence-electron chi connectivity index (χ1n) is 9.11. The highest BCUT2D eigenvalue weighted by Crippen LogP contribution is 2.24. The number of Topliss-reactive ketones (excluding diaryl/α,β-unsaturated/α-hetero) is 1. The van der Waals surface area contributed by atoms with Crippen molar-refractivity contribution in [1.82, 2.24) is 9.80 Å². The molecule has 0 atom stereocenters. The van der Waals surface area contributed by atoms with Crippen LogP contribution >= 0.6 is 0 Å². The molecule has 2 saturated heterocycles. The highest BCUT2D eigenvalue weighted by Gasteiger charge is 2.24. The largest absolute Gasteiger partial charge is 0.304 e. The minimum absolute atomic E-state index is 0.366. The van der Waals surface area contributed by atoms with E-state index in [0.717, 1.165) is 12.3 Å². The Bertz CT molecular complexity index is 277. The van der Waals surface area contributed by atoms with Crippen molar-refractivity contribution in [3.63, 3.8) is 0 Å². The Morgan fingerprint density at radius 2 is 1.38 bits per heavy atom. The van der Waals surface area contributed by atoms with E-state index >= 15 is 0 Å². The predicted molar refractivity (Wildman–Crippen MR) is 90.6 cm³/mol. The van der Waals surface area contributed by atoms with Gasteiger partial charge in [-0.1, -0.05) is 20.8 Å². The molecule has 0 N–H and O–H groups in total. The summed E-state index contributed by atoms with van der Waals surface area (Å²) in [7, 11) is 0. The number of hydrogen-bond acceptors (Lipinski definition) is 3. The van der Waals surface area contributed by atoms with Gasteiger partial charge in [0, 0.05) is 13.0 Å². The van der Waals surface area contributed by atoms with Gasteiger partial charge in [0.05, 0.1) is 0 Å². The van der Waals surface area contributed by atoms with Crippen LogP contribution < -0.4 is 0 Å². The molecule has 21 heavy (non-hydrogen) atoms. The predicted octanol–water partition coefficient (Wildman–Crippen LogP) is 3.44. The second-order valence-corrected chi connectivity index (χ2v) is 6.53. The summed E-state index contributed by atoms with van der Waals surface area (Å²) in [4.78, 5) is 16.4. The van der Waals surface area contributed by atoms with Gasteiger partial charge in [-0.05, 0) is 77.2 Å². The van der Waals surface area contributed by atoms with Crippen molar-refractivity contribution in [3.8, 4) is 0 Å². The molecule has 0 bridgehead atoms. The fraction of sp³-hybridized carbons (Fsp3) is 0.944. The molecule has 2 fully saturated rings. The Kier molecular flexibility index (Phi) is 9.18. The molecular weight excluding hydrogens is 260 g/mol. The summed E-state index contributed by atoms with van der Waals surface area (Å²) in [6.07, 6.45) is 6.02. The molecule has 2 aliphatic heterocycles. The summed E-state index contributed by atoms with van der Waals surface area (Å²) in [5.41, 5.74) is 0. The standard InChI is InChI=1S/C16H30N2O.C2H6/c1-3-17-8-6-16(7-9-17)13-18-10-4-15(5-11-18)12-14(2)19;1-2/h15-16H,3-13H2,1-2H3;1-2H3. The van der Waals surface area contributed by atoms with Crippen LogP contribution in [-0.2, 0) is 4.79 Å².